The van der Waals surface area contributed by atoms with Crippen molar-refractivity contribution in [3.8, 4) is 0 Å². The molecule has 104 valence electrons. The second-order valence-corrected chi connectivity index (χ2v) is 5.10. The molecule has 1 heterocycles. The van der Waals surface area contributed by atoms with Crippen LogP contribution in [0.3, 0.4) is 0 Å². The Morgan fingerprint density at radius 1 is 1.53 bits per heavy atom. The number of carbonyl (C=O) groups is 1. The van der Waals surface area contributed by atoms with Crippen LogP contribution in [0.15, 0.2) is 18.2 Å². The number of rotatable bonds is 4. The molecule has 1 aliphatic heterocycles. The number of hydrogen-bond acceptors (Lipinski definition) is 3. The quantitative estimate of drug-likeness (QED) is 0.877. The summed E-state index contributed by atoms with van der Waals surface area (Å²) in [6.07, 6.45) is 2.73. The fraction of sp³-hybridized carbons (Fsp3) is 0.533. The summed E-state index contributed by atoms with van der Waals surface area (Å²) < 4.78 is 5.34. The Labute approximate surface area is 114 Å². The van der Waals surface area contributed by atoms with Gasteiger partial charge in [-0.2, -0.15) is 0 Å². The molecule has 1 unspecified atom stereocenters. The van der Waals surface area contributed by atoms with E-state index in [0.717, 1.165) is 30.8 Å². The van der Waals surface area contributed by atoms with Crippen LogP contribution in [-0.2, 0) is 16.0 Å². The first-order chi connectivity index (χ1) is 9.10. The van der Waals surface area contributed by atoms with Crippen LogP contribution >= 0.6 is 0 Å². The van der Waals surface area contributed by atoms with Crippen LogP contribution in [0.2, 0.25) is 0 Å². The largest absolute Gasteiger partial charge is 0.385 e. The first-order valence-corrected chi connectivity index (χ1v) is 6.83. The number of methoxy groups -OCH3 is 1. The molecular formula is C15H22N2O2. The highest BCUT2D eigenvalue weighted by Crippen LogP contribution is 2.29. The summed E-state index contributed by atoms with van der Waals surface area (Å²) in [6, 6.07) is 5.97. The van der Waals surface area contributed by atoms with Gasteiger partial charge in [0.05, 0.1) is 0 Å². The van der Waals surface area contributed by atoms with E-state index < -0.39 is 5.60 Å². The molecule has 0 spiro atoms. The van der Waals surface area contributed by atoms with Crippen LogP contribution in [0.25, 0.3) is 0 Å². The molecule has 1 aliphatic rings. The number of anilines is 2. The van der Waals surface area contributed by atoms with E-state index in [1.165, 1.54) is 5.56 Å². The predicted octanol–water partition coefficient (Wildman–Crippen LogP) is 2.80. The molecule has 1 aromatic carbocycles. The van der Waals surface area contributed by atoms with Crippen molar-refractivity contribution in [1.82, 2.24) is 0 Å². The molecule has 1 aromatic rings. The van der Waals surface area contributed by atoms with Gasteiger partial charge in [-0.3, -0.25) is 4.79 Å². The fourth-order valence-corrected chi connectivity index (χ4v) is 2.28. The van der Waals surface area contributed by atoms with Gasteiger partial charge in [-0.05, 0) is 43.9 Å². The smallest absolute Gasteiger partial charge is 0.256 e. The van der Waals surface area contributed by atoms with Crippen LogP contribution in [0, 0.1) is 0 Å². The van der Waals surface area contributed by atoms with Crippen LogP contribution in [-0.4, -0.2) is 25.2 Å². The van der Waals surface area contributed by atoms with E-state index in [2.05, 4.69) is 16.7 Å². The minimum absolute atomic E-state index is 0.0866. The topological polar surface area (TPSA) is 50.4 Å². The number of hydrogen-bond donors (Lipinski definition) is 2. The summed E-state index contributed by atoms with van der Waals surface area (Å²) >= 11 is 0. The van der Waals surface area contributed by atoms with Crippen molar-refractivity contribution in [3.05, 3.63) is 23.8 Å². The second kappa shape index (κ2) is 5.61. The highest BCUT2D eigenvalue weighted by molar-refractivity contribution is 5.98. The molecule has 1 atom stereocenters. The summed E-state index contributed by atoms with van der Waals surface area (Å²) in [6.45, 7) is 4.76. The molecule has 0 aromatic heterocycles. The third kappa shape index (κ3) is 2.73. The molecule has 0 fully saturated rings. The maximum absolute atomic E-state index is 12.3. The van der Waals surface area contributed by atoms with Crippen molar-refractivity contribution in [2.24, 2.45) is 0 Å². The Morgan fingerprint density at radius 3 is 3.00 bits per heavy atom. The van der Waals surface area contributed by atoms with Crippen molar-refractivity contribution < 1.29 is 9.53 Å². The molecule has 0 radical (unpaired) electrons. The highest BCUT2D eigenvalue weighted by Gasteiger charge is 2.31. The Bertz CT molecular complexity index is 467. The fourth-order valence-electron chi connectivity index (χ4n) is 2.28. The molecule has 0 aliphatic carbocycles. The lowest BCUT2D eigenvalue weighted by Crippen LogP contribution is -2.41. The molecule has 1 amide bonds. The van der Waals surface area contributed by atoms with Gasteiger partial charge in [0, 0.05) is 25.0 Å². The molecule has 0 saturated carbocycles. The second-order valence-electron chi connectivity index (χ2n) is 5.10. The normalized spacial score (nSPS) is 17.0. The molecule has 0 bridgehead atoms. The van der Waals surface area contributed by atoms with E-state index in [-0.39, 0.29) is 5.91 Å². The molecular weight excluding hydrogens is 240 g/mol. The van der Waals surface area contributed by atoms with Crippen molar-refractivity contribution in [2.75, 3.05) is 24.3 Å². The Morgan fingerprint density at radius 2 is 2.32 bits per heavy atom. The zero-order chi connectivity index (χ0) is 13.9. The van der Waals surface area contributed by atoms with E-state index in [1.54, 1.807) is 7.11 Å². The number of benzene rings is 1. The van der Waals surface area contributed by atoms with Crippen molar-refractivity contribution >= 4 is 17.3 Å². The average Bonchev–Trinajstić information content (AvgIpc) is 2.46. The van der Waals surface area contributed by atoms with Gasteiger partial charge >= 0.3 is 0 Å². The van der Waals surface area contributed by atoms with Crippen molar-refractivity contribution in [3.63, 3.8) is 0 Å². The number of carbonyl (C=O) groups excluding carboxylic acids is 1. The summed E-state index contributed by atoms with van der Waals surface area (Å²) in [5.74, 6) is -0.0866. The summed E-state index contributed by atoms with van der Waals surface area (Å²) in [5, 5.41) is 6.37. The standard InChI is InChI=1S/C15H22N2O2/c1-4-15(2,19-3)14(18)17-13-9-5-8-12-11(13)7-6-10-16-12/h5,8-9,16H,4,6-7,10H2,1-3H3,(H,17,18). The van der Waals surface area contributed by atoms with Gasteiger partial charge in [0.1, 0.15) is 5.60 Å². The predicted molar refractivity (Wildman–Crippen MR) is 77.6 cm³/mol. The highest BCUT2D eigenvalue weighted by atomic mass is 16.5. The first kappa shape index (κ1) is 13.9. The van der Waals surface area contributed by atoms with Gasteiger partial charge in [-0.25, -0.2) is 0 Å². The molecule has 19 heavy (non-hydrogen) atoms. The Balaban J connectivity index is 2.22. The maximum Gasteiger partial charge on any atom is 0.256 e. The van der Waals surface area contributed by atoms with E-state index in [4.69, 9.17) is 4.74 Å². The minimum atomic E-state index is -0.773. The van der Waals surface area contributed by atoms with Gasteiger partial charge in [-0.15, -0.1) is 0 Å². The zero-order valence-corrected chi connectivity index (χ0v) is 11.9. The van der Waals surface area contributed by atoms with Gasteiger partial charge < -0.3 is 15.4 Å². The van der Waals surface area contributed by atoms with Gasteiger partial charge in [0.2, 0.25) is 0 Å². The van der Waals surface area contributed by atoms with E-state index in [1.807, 2.05) is 26.0 Å². The van der Waals surface area contributed by atoms with Gasteiger partial charge in [0.15, 0.2) is 0 Å². The summed E-state index contributed by atoms with van der Waals surface area (Å²) in [5.41, 5.74) is 2.44. The SMILES string of the molecule is CCC(C)(OC)C(=O)Nc1cccc2c1CCCN2. The number of amides is 1. The van der Waals surface area contributed by atoms with E-state index in [0.29, 0.717) is 6.42 Å². The molecule has 4 nitrogen and oxygen atoms in total. The zero-order valence-electron chi connectivity index (χ0n) is 11.9. The third-order valence-corrected chi connectivity index (χ3v) is 3.95. The van der Waals surface area contributed by atoms with Crippen LogP contribution in [0.5, 0.6) is 0 Å². The van der Waals surface area contributed by atoms with E-state index >= 15 is 0 Å². The third-order valence-electron chi connectivity index (χ3n) is 3.95. The minimum Gasteiger partial charge on any atom is -0.385 e. The lowest BCUT2D eigenvalue weighted by Gasteiger charge is -2.27. The summed E-state index contributed by atoms with van der Waals surface area (Å²) in [4.78, 5) is 12.3. The summed E-state index contributed by atoms with van der Waals surface area (Å²) in [7, 11) is 1.57. The monoisotopic (exact) mass is 262 g/mol. The first-order valence-electron chi connectivity index (χ1n) is 6.83. The van der Waals surface area contributed by atoms with Gasteiger partial charge in [0.25, 0.3) is 5.91 Å². The van der Waals surface area contributed by atoms with Crippen LogP contribution < -0.4 is 10.6 Å². The molecule has 0 saturated heterocycles. The Hall–Kier alpha value is -1.55. The molecule has 2 N–H and O–H groups in total. The number of nitrogens with one attached hydrogen (secondary N) is 2. The number of ether oxygens (including phenoxy) is 1. The number of fused-ring (bicyclic) bond motifs is 1. The maximum atomic E-state index is 12.3. The Kier molecular flexibility index (Phi) is 4.10. The lowest BCUT2D eigenvalue weighted by atomic mass is 9.99. The lowest BCUT2D eigenvalue weighted by molar-refractivity contribution is -0.136. The average molecular weight is 262 g/mol. The molecule has 4 heteroatoms. The van der Waals surface area contributed by atoms with Crippen molar-refractivity contribution in [2.45, 2.75) is 38.7 Å². The van der Waals surface area contributed by atoms with Crippen molar-refractivity contribution in [1.29, 1.82) is 0 Å². The molecule has 2 rings (SSSR count). The van der Waals surface area contributed by atoms with Gasteiger partial charge in [-0.1, -0.05) is 13.0 Å². The van der Waals surface area contributed by atoms with E-state index in [9.17, 15) is 4.79 Å². The van der Waals surface area contributed by atoms with Crippen LogP contribution in [0.4, 0.5) is 11.4 Å². The van der Waals surface area contributed by atoms with Crippen LogP contribution in [0.1, 0.15) is 32.3 Å².